The van der Waals surface area contributed by atoms with Crippen molar-refractivity contribution in [1.29, 1.82) is 0 Å². The maximum Gasteiger partial charge on any atom is 0.228 e. The van der Waals surface area contributed by atoms with Gasteiger partial charge >= 0.3 is 0 Å². The van der Waals surface area contributed by atoms with Gasteiger partial charge in [0.25, 0.3) is 0 Å². The molecule has 0 spiro atoms. The van der Waals surface area contributed by atoms with Gasteiger partial charge in [0.2, 0.25) is 5.91 Å². The lowest BCUT2D eigenvalue weighted by Gasteiger charge is -2.39. The lowest BCUT2D eigenvalue weighted by molar-refractivity contribution is -0.136. The summed E-state index contributed by atoms with van der Waals surface area (Å²) < 4.78 is 27.2. The number of benzene rings is 1. The van der Waals surface area contributed by atoms with Crippen molar-refractivity contribution in [3.63, 3.8) is 0 Å². The molecule has 6 nitrogen and oxygen atoms in total. The predicted octanol–water partition coefficient (Wildman–Crippen LogP) is 3.03. The molecular weight excluding hydrogens is 388 g/mol. The summed E-state index contributed by atoms with van der Waals surface area (Å²) in [6, 6.07) is 8.23. The van der Waals surface area contributed by atoms with Gasteiger partial charge in [-0.1, -0.05) is 0 Å². The average molecular weight is 409 g/mol. The van der Waals surface area contributed by atoms with E-state index in [0.717, 1.165) is 24.7 Å². The first kappa shape index (κ1) is 19.9. The molecule has 3 heterocycles. The van der Waals surface area contributed by atoms with Crippen LogP contribution in [0.25, 0.3) is 11.3 Å². The van der Waals surface area contributed by atoms with E-state index in [0.29, 0.717) is 36.1 Å². The van der Waals surface area contributed by atoms with Crippen LogP contribution < -0.4 is 5.73 Å². The zero-order valence-corrected chi connectivity index (χ0v) is 16.3. The first-order chi connectivity index (χ1) is 14.5. The maximum atomic E-state index is 14.1. The molecule has 0 aliphatic carbocycles. The lowest BCUT2D eigenvalue weighted by atomic mass is 9.94. The molecule has 0 bridgehead atoms. The molecule has 1 fully saturated rings. The van der Waals surface area contributed by atoms with Crippen LogP contribution in [-0.4, -0.2) is 38.8 Å². The Kier molecular flexibility index (Phi) is 5.65. The number of aromatic nitrogens is 3. The SMILES string of the molecule is Nc1ccc(-c2ccc(F)cc2F)nc1CC(=O)N1CC(CCc2ncccn2)C1. The minimum atomic E-state index is -0.711. The molecule has 0 atom stereocenters. The number of hydrogen-bond acceptors (Lipinski definition) is 5. The molecule has 4 rings (SSSR count). The summed E-state index contributed by atoms with van der Waals surface area (Å²) >= 11 is 0. The van der Waals surface area contributed by atoms with Crippen LogP contribution in [0.2, 0.25) is 0 Å². The standard InChI is InChI=1S/C22H21F2N5O/c23-15-3-4-16(17(24)10-15)19-6-5-18(25)20(28-19)11-22(30)29-12-14(13-29)2-7-21-26-8-1-9-27-21/h1,3-6,8-10,14H,2,7,11-13,25H2. The summed E-state index contributed by atoms with van der Waals surface area (Å²) in [5, 5.41) is 0. The van der Waals surface area contributed by atoms with Crippen molar-refractivity contribution in [2.75, 3.05) is 18.8 Å². The molecule has 0 radical (unpaired) electrons. The van der Waals surface area contributed by atoms with Crippen LogP contribution in [-0.2, 0) is 17.6 Å². The third-order valence-electron chi connectivity index (χ3n) is 5.24. The number of nitrogen functional groups attached to an aromatic ring is 1. The zero-order chi connectivity index (χ0) is 21.1. The monoisotopic (exact) mass is 409 g/mol. The predicted molar refractivity (Wildman–Crippen MR) is 108 cm³/mol. The van der Waals surface area contributed by atoms with E-state index in [9.17, 15) is 13.6 Å². The number of carbonyl (C=O) groups excluding carboxylic acids is 1. The van der Waals surface area contributed by atoms with Crippen LogP contribution in [0.5, 0.6) is 0 Å². The molecule has 154 valence electrons. The Bertz CT molecular complexity index is 1050. The van der Waals surface area contributed by atoms with Crippen LogP contribution in [0.4, 0.5) is 14.5 Å². The van der Waals surface area contributed by atoms with Gasteiger partial charge in [-0.2, -0.15) is 0 Å². The van der Waals surface area contributed by atoms with Gasteiger partial charge < -0.3 is 10.6 Å². The third kappa shape index (κ3) is 4.42. The number of nitrogens with zero attached hydrogens (tertiary/aromatic N) is 4. The summed E-state index contributed by atoms with van der Waals surface area (Å²) in [6.45, 7) is 1.36. The van der Waals surface area contributed by atoms with Gasteiger partial charge in [0.1, 0.15) is 17.5 Å². The number of aryl methyl sites for hydroxylation is 1. The van der Waals surface area contributed by atoms with Crippen LogP contribution in [0.1, 0.15) is 17.9 Å². The van der Waals surface area contributed by atoms with Crippen molar-refractivity contribution in [2.24, 2.45) is 5.92 Å². The van der Waals surface area contributed by atoms with Gasteiger partial charge in [-0.05, 0) is 42.7 Å². The van der Waals surface area contributed by atoms with Gasteiger partial charge in [0, 0.05) is 43.5 Å². The number of likely N-dealkylation sites (tertiary alicyclic amines) is 1. The highest BCUT2D eigenvalue weighted by Gasteiger charge is 2.30. The molecular formula is C22H21F2N5O. The summed E-state index contributed by atoms with van der Waals surface area (Å²) in [5.41, 5.74) is 7.21. The van der Waals surface area contributed by atoms with Crippen LogP contribution in [0.15, 0.2) is 48.8 Å². The van der Waals surface area contributed by atoms with Crippen molar-refractivity contribution < 1.29 is 13.6 Å². The molecule has 2 N–H and O–H groups in total. The van der Waals surface area contributed by atoms with E-state index in [1.807, 2.05) is 0 Å². The average Bonchev–Trinajstić information content (AvgIpc) is 2.69. The fraction of sp³-hybridized carbons (Fsp3) is 0.273. The molecule has 30 heavy (non-hydrogen) atoms. The van der Waals surface area contributed by atoms with E-state index in [2.05, 4.69) is 15.0 Å². The molecule has 8 heteroatoms. The van der Waals surface area contributed by atoms with Crippen molar-refractivity contribution in [2.45, 2.75) is 19.3 Å². The molecule has 3 aromatic rings. The maximum absolute atomic E-state index is 14.1. The molecule has 1 saturated heterocycles. The van der Waals surface area contributed by atoms with E-state index >= 15 is 0 Å². The molecule has 0 unspecified atom stereocenters. The topological polar surface area (TPSA) is 85.0 Å². The number of carbonyl (C=O) groups is 1. The van der Waals surface area contributed by atoms with Gasteiger partial charge in [-0.15, -0.1) is 0 Å². The minimum Gasteiger partial charge on any atom is -0.397 e. The highest BCUT2D eigenvalue weighted by molar-refractivity contribution is 5.81. The zero-order valence-electron chi connectivity index (χ0n) is 16.3. The van der Waals surface area contributed by atoms with Crippen LogP contribution in [0.3, 0.4) is 0 Å². The third-order valence-corrected chi connectivity index (χ3v) is 5.24. The van der Waals surface area contributed by atoms with E-state index in [1.165, 1.54) is 12.1 Å². The second-order valence-corrected chi connectivity index (χ2v) is 7.40. The molecule has 1 amide bonds. The van der Waals surface area contributed by atoms with Crippen LogP contribution >= 0.6 is 0 Å². The lowest BCUT2D eigenvalue weighted by Crippen LogP contribution is -2.50. The molecule has 1 aromatic carbocycles. The number of anilines is 1. The minimum absolute atomic E-state index is 0.0387. The quantitative estimate of drug-likeness (QED) is 0.677. The summed E-state index contributed by atoms with van der Waals surface area (Å²) in [5.74, 6) is -0.212. The van der Waals surface area contributed by atoms with E-state index in [-0.39, 0.29) is 17.9 Å². The van der Waals surface area contributed by atoms with E-state index in [1.54, 1.807) is 35.5 Å². The van der Waals surface area contributed by atoms with Crippen molar-refractivity contribution in [3.05, 3.63) is 71.9 Å². The molecule has 0 saturated carbocycles. The van der Waals surface area contributed by atoms with Gasteiger partial charge in [0.15, 0.2) is 0 Å². The number of hydrogen-bond donors (Lipinski definition) is 1. The van der Waals surface area contributed by atoms with Gasteiger partial charge in [-0.25, -0.2) is 18.7 Å². The van der Waals surface area contributed by atoms with E-state index in [4.69, 9.17) is 5.73 Å². The number of rotatable bonds is 6. The van der Waals surface area contributed by atoms with Crippen molar-refractivity contribution in [1.82, 2.24) is 19.9 Å². The van der Waals surface area contributed by atoms with Crippen LogP contribution in [0, 0.1) is 17.6 Å². The number of nitrogens with two attached hydrogens (primary N) is 1. The Labute approximate surface area is 172 Å². The fourth-order valence-corrected chi connectivity index (χ4v) is 3.50. The van der Waals surface area contributed by atoms with Crippen molar-refractivity contribution in [3.8, 4) is 11.3 Å². The van der Waals surface area contributed by atoms with Crippen molar-refractivity contribution >= 4 is 11.6 Å². The highest BCUT2D eigenvalue weighted by atomic mass is 19.1. The Morgan fingerprint density at radius 2 is 1.90 bits per heavy atom. The normalized spacial score (nSPS) is 13.9. The van der Waals surface area contributed by atoms with Gasteiger partial charge in [0.05, 0.1) is 23.5 Å². The number of halogens is 2. The highest BCUT2D eigenvalue weighted by Crippen LogP contribution is 2.26. The molecule has 1 aliphatic heterocycles. The second kappa shape index (κ2) is 8.52. The Morgan fingerprint density at radius 3 is 2.63 bits per heavy atom. The first-order valence-electron chi connectivity index (χ1n) is 9.74. The Hall–Kier alpha value is -3.42. The summed E-state index contributed by atoms with van der Waals surface area (Å²) in [7, 11) is 0. The number of pyridine rings is 1. The Morgan fingerprint density at radius 1 is 1.13 bits per heavy atom. The Balaban J connectivity index is 1.36. The van der Waals surface area contributed by atoms with E-state index < -0.39 is 11.6 Å². The second-order valence-electron chi connectivity index (χ2n) is 7.40. The molecule has 2 aromatic heterocycles. The number of amides is 1. The fourth-order valence-electron chi connectivity index (χ4n) is 3.50. The first-order valence-corrected chi connectivity index (χ1v) is 9.74. The smallest absolute Gasteiger partial charge is 0.228 e. The largest absolute Gasteiger partial charge is 0.397 e. The summed E-state index contributed by atoms with van der Waals surface area (Å²) in [6.07, 6.45) is 5.20. The summed E-state index contributed by atoms with van der Waals surface area (Å²) in [4.78, 5) is 27.2. The molecule has 1 aliphatic rings. The van der Waals surface area contributed by atoms with Gasteiger partial charge in [-0.3, -0.25) is 9.78 Å².